The maximum Gasteiger partial charge on any atom is 0.319 e. The molecule has 1 atom stereocenters. The standard InChI is InChI=1S/C19H17ClO5S/c1-12(26-15-5-3-14(20)4-6-15)19(22)25-11-16(21)13-2-7-17-18(10-13)24-9-8-23-17/h2-7,10,12H,8-9,11H2,1H3/t12-/m1/s1. The van der Waals surface area contributed by atoms with Crippen LogP contribution in [-0.4, -0.2) is 36.8 Å². The highest BCUT2D eigenvalue weighted by Crippen LogP contribution is 2.31. The van der Waals surface area contributed by atoms with E-state index in [1.807, 2.05) is 12.1 Å². The van der Waals surface area contributed by atoms with Crippen molar-refractivity contribution in [1.29, 1.82) is 0 Å². The van der Waals surface area contributed by atoms with Crippen LogP contribution in [0.2, 0.25) is 5.02 Å². The normalized spacial score (nSPS) is 13.8. The van der Waals surface area contributed by atoms with Crippen LogP contribution in [-0.2, 0) is 9.53 Å². The van der Waals surface area contributed by atoms with E-state index < -0.39 is 11.2 Å². The summed E-state index contributed by atoms with van der Waals surface area (Å²) in [4.78, 5) is 25.3. The molecule has 0 saturated heterocycles. The molecule has 0 bridgehead atoms. The van der Waals surface area contributed by atoms with E-state index in [2.05, 4.69) is 0 Å². The van der Waals surface area contributed by atoms with Crippen LogP contribution in [0.5, 0.6) is 11.5 Å². The Labute approximate surface area is 160 Å². The maximum absolute atomic E-state index is 12.3. The van der Waals surface area contributed by atoms with Crippen LogP contribution in [0.1, 0.15) is 17.3 Å². The Bertz CT molecular complexity index is 806. The third-order valence-electron chi connectivity index (χ3n) is 3.67. The highest BCUT2D eigenvalue weighted by molar-refractivity contribution is 8.00. The zero-order valence-corrected chi connectivity index (χ0v) is 15.6. The number of thioether (sulfide) groups is 1. The molecule has 0 spiro atoms. The molecule has 1 aliphatic rings. The number of halogens is 1. The molecule has 0 N–H and O–H groups in total. The summed E-state index contributed by atoms with van der Waals surface area (Å²) in [6.45, 7) is 2.35. The van der Waals surface area contributed by atoms with Gasteiger partial charge in [-0.2, -0.15) is 0 Å². The molecule has 26 heavy (non-hydrogen) atoms. The minimum atomic E-state index is -0.448. The Morgan fingerprint density at radius 3 is 2.54 bits per heavy atom. The van der Waals surface area contributed by atoms with Crippen LogP contribution >= 0.6 is 23.4 Å². The third kappa shape index (κ3) is 4.71. The summed E-state index contributed by atoms with van der Waals surface area (Å²) in [5.74, 6) is 0.396. The smallest absolute Gasteiger partial charge is 0.319 e. The average Bonchev–Trinajstić information content (AvgIpc) is 2.67. The molecular weight excluding hydrogens is 376 g/mol. The van der Waals surface area contributed by atoms with Gasteiger partial charge in [-0.05, 0) is 49.4 Å². The van der Waals surface area contributed by atoms with Gasteiger partial charge in [-0.25, -0.2) is 0 Å². The van der Waals surface area contributed by atoms with Crippen LogP contribution in [0.15, 0.2) is 47.4 Å². The van der Waals surface area contributed by atoms with Crippen molar-refractivity contribution >= 4 is 35.1 Å². The Balaban J connectivity index is 1.53. The molecule has 0 aliphatic carbocycles. The minimum Gasteiger partial charge on any atom is -0.486 e. The summed E-state index contributed by atoms with van der Waals surface area (Å²) in [7, 11) is 0. The van der Waals surface area contributed by atoms with Gasteiger partial charge in [0.2, 0.25) is 0 Å². The first-order valence-corrected chi connectivity index (χ1v) is 9.30. The van der Waals surface area contributed by atoms with E-state index >= 15 is 0 Å². The molecule has 2 aromatic carbocycles. The second-order valence-electron chi connectivity index (χ2n) is 5.60. The second kappa shape index (κ2) is 8.47. The molecule has 0 fully saturated rings. The van der Waals surface area contributed by atoms with E-state index in [1.54, 1.807) is 37.3 Å². The molecule has 1 heterocycles. The molecule has 0 aromatic heterocycles. The fraction of sp³-hybridized carbons (Fsp3) is 0.263. The number of carbonyl (C=O) groups is 2. The molecule has 2 aromatic rings. The van der Waals surface area contributed by atoms with Crippen molar-refractivity contribution in [3.63, 3.8) is 0 Å². The van der Waals surface area contributed by atoms with Crippen molar-refractivity contribution in [1.82, 2.24) is 0 Å². The van der Waals surface area contributed by atoms with Crippen LogP contribution < -0.4 is 9.47 Å². The van der Waals surface area contributed by atoms with Crippen molar-refractivity contribution in [2.24, 2.45) is 0 Å². The highest BCUT2D eigenvalue weighted by atomic mass is 35.5. The number of esters is 1. The first-order valence-electron chi connectivity index (χ1n) is 8.04. The number of ketones is 1. The van der Waals surface area contributed by atoms with Gasteiger partial charge in [0.25, 0.3) is 0 Å². The summed E-state index contributed by atoms with van der Waals surface area (Å²) < 4.78 is 16.0. The summed E-state index contributed by atoms with van der Waals surface area (Å²) >= 11 is 7.19. The number of hydrogen-bond donors (Lipinski definition) is 0. The van der Waals surface area contributed by atoms with Gasteiger partial charge in [0.1, 0.15) is 18.5 Å². The topological polar surface area (TPSA) is 61.8 Å². The molecule has 136 valence electrons. The first-order chi connectivity index (χ1) is 12.5. The Hall–Kier alpha value is -2.18. The average molecular weight is 393 g/mol. The van der Waals surface area contributed by atoms with Gasteiger partial charge in [0, 0.05) is 15.5 Å². The highest BCUT2D eigenvalue weighted by Gasteiger charge is 2.19. The van der Waals surface area contributed by atoms with E-state index in [0.29, 0.717) is 35.3 Å². The SMILES string of the molecule is C[C@@H](Sc1ccc(Cl)cc1)C(=O)OCC(=O)c1ccc2c(c1)OCCO2. The molecule has 7 heteroatoms. The fourth-order valence-electron chi connectivity index (χ4n) is 2.32. The van der Waals surface area contributed by atoms with E-state index in [-0.39, 0.29) is 12.4 Å². The maximum atomic E-state index is 12.3. The monoisotopic (exact) mass is 392 g/mol. The molecule has 0 saturated carbocycles. The molecule has 3 rings (SSSR count). The lowest BCUT2D eigenvalue weighted by Crippen LogP contribution is -2.21. The van der Waals surface area contributed by atoms with Crippen molar-refractivity contribution < 1.29 is 23.8 Å². The molecule has 0 radical (unpaired) electrons. The third-order valence-corrected chi connectivity index (χ3v) is 5.01. The molecule has 1 aliphatic heterocycles. The lowest BCUT2D eigenvalue weighted by atomic mass is 10.1. The second-order valence-corrected chi connectivity index (χ2v) is 7.45. The van der Waals surface area contributed by atoms with Crippen LogP contribution in [0.3, 0.4) is 0 Å². The number of fused-ring (bicyclic) bond motifs is 1. The zero-order chi connectivity index (χ0) is 18.5. The number of ether oxygens (including phenoxy) is 3. The van der Waals surface area contributed by atoms with Crippen molar-refractivity contribution in [3.05, 3.63) is 53.1 Å². The van der Waals surface area contributed by atoms with Gasteiger partial charge in [0.15, 0.2) is 23.9 Å². The number of hydrogen-bond acceptors (Lipinski definition) is 6. The van der Waals surface area contributed by atoms with Crippen molar-refractivity contribution in [2.75, 3.05) is 19.8 Å². The van der Waals surface area contributed by atoms with Gasteiger partial charge in [0.05, 0.1) is 0 Å². The summed E-state index contributed by atoms with van der Waals surface area (Å²) in [6, 6.07) is 12.1. The van der Waals surface area contributed by atoms with Gasteiger partial charge in [-0.3, -0.25) is 9.59 Å². The van der Waals surface area contributed by atoms with Gasteiger partial charge in [-0.1, -0.05) is 11.6 Å². The minimum absolute atomic E-state index is 0.293. The predicted molar refractivity (Wildman–Crippen MR) is 99.5 cm³/mol. The first kappa shape index (κ1) is 18.6. The van der Waals surface area contributed by atoms with Gasteiger partial charge >= 0.3 is 5.97 Å². The fourth-order valence-corrected chi connectivity index (χ4v) is 3.31. The predicted octanol–water partition coefficient (Wildman–Crippen LogP) is 4.02. The van der Waals surface area contributed by atoms with Crippen LogP contribution in [0, 0.1) is 0 Å². The summed E-state index contributed by atoms with van der Waals surface area (Å²) in [6.07, 6.45) is 0. The van der Waals surface area contributed by atoms with Crippen molar-refractivity contribution in [2.45, 2.75) is 17.1 Å². The summed E-state index contributed by atoms with van der Waals surface area (Å²) in [5, 5.41) is 0.193. The van der Waals surface area contributed by atoms with E-state index in [9.17, 15) is 9.59 Å². The van der Waals surface area contributed by atoms with Gasteiger partial charge in [-0.15, -0.1) is 11.8 Å². The Morgan fingerprint density at radius 2 is 1.81 bits per heavy atom. The molecule has 5 nitrogen and oxygen atoms in total. The number of benzene rings is 2. The largest absolute Gasteiger partial charge is 0.486 e. The van der Waals surface area contributed by atoms with E-state index in [4.69, 9.17) is 25.8 Å². The molecular formula is C19H17ClO5S. The number of rotatable bonds is 6. The lowest BCUT2D eigenvalue weighted by molar-refractivity contribution is -0.141. The van der Waals surface area contributed by atoms with Crippen molar-refractivity contribution in [3.8, 4) is 11.5 Å². The summed E-state index contributed by atoms with van der Waals surface area (Å²) in [5.41, 5.74) is 0.417. The Kier molecular flexibility index (Phi) is 6.06. The van der Waals surface area contributed by atoms with E-state index in [0.717, 1.165) is 4.90 Å². The molecule has 0 amide bonds. The van der Waals surface area contributed by atoms with Crippen LogP contribution in [0.4, 0.5) is 0 Å². The quantitative estimate of drug-likeness (QED) is 0.420. The zero-order valence-electron chi connectivity index (χ0n) is 14.1. The van der Waals surface area contributed by atoms with E-state index in [1.165, 1.54) is 11.8 Å². The Morgan fingerprint density at radius 1 is 1.12 bits per heavy atom. The van der Waals surface area contributed by atoms with Crippen LogP contribution in [0.25, 0.3) is 0 Å². The lowest BCUT2D eigenvalue weighted by Gasteiger charge is -2.18. The molecule has 0 unspecified atom stereocenters. The number of carbonyl (C=O) groups excluding carboxylic acids is 2. The van der Waals surface area contributed by atoms with Gasteiger partial charge < -0.3 is 14.2 Å². The number of Topliss-reactive ketones (excluding diaryl/α,β-unsaturated/α-hetero) is 1.